The molecule has 0 aromatic heterocycles. The number of aryl methyl sites for hydroxylation is 1. The first-order chi connectivity index (χ1) is 13.6. The number of nitro groups is 1. The second-order valence-corrected chi connectivity index (χ2v) is 6.73. The summed E-state index contributed by atoms with van der Waals surface area (Å²) in [4.78, 5) is 34.5. The molecule has 3 rings (SSSR count). The Morgan fingerprint density at radius 2 is 1.79 bits per heavy atom. The van der Waals surface area contributed by atoms with E-state index in [1.165, 1.54) is 25.1 Å². The minimum absolute atomic E-state index is 0.0294. The van der Waals surface area contributed by atoms with Crippen molar-refractivity contribution in [3.05, 3.63) is 63.2 Å². The minimum atomic E-state index is -4.79. The van der Waals surface area contributed by atoms with Crippen molar-refractivity contribution in [3.63, 3.8) is 0 Å². The Morgan fingerprint density at radius 3 is 2.38 bits per heavy atom. The number of alkyl halides is 3. The van der Waals surface area contributed by atoms with Crippen LogP contribution in [0.15, 0.2) is 36.4 Å². The molecule has 1 aliphatic carbocycles. The summed E-state index contributed by atoms with van der Waals surface area (Å²) in [5.74, 6) is -1.45. The van der Waals surface area contributed by atoms with Crippen LogP contribution in [0.2, 0.25) is 0 Å². The van der Waals surface area contributed by atoms with Gasteiger partial charge in [0.1, 0.15) is 0 Å². The third-order valence-corrected chi connectivity index (χ3v) is 4.46. The standard InChI is InChI=1S/C19H16F3N3O4/c1-10-2-3-12(8-16(10)25(28)29)18(27)24-15-7-6-13(9-14(15)19(20,21)22)23-17(26)11-4-5-11/h2-3,6-9,11H,4-5H2,1H3,(H,23,26)(H,24,27). The predicted octanol–water partition coefficient (Wildman–Crippen LogP) is 4.52. The Balaban J connectivity index is 1.87. The lowest BCUT2D eigenvalue weighted by atomic mass is 10.1. The highest BCUT2D eigenvalue weighted by Gasteiger charge is 2.35. The largest absolute Gasteiger partial charge is 0.418 e. The van der Waals surface area contributed by atoms with Crippen molar-refractivity contribution >= 4 is 28.9 Å². The average molecular weight is 407 g/mol. The van der Waals surface area contributed by atoms with E-state index in [0.717, 1.165) is 18.2 Å². The lowest BCUT2D eigenvalue weighted by Crippen LogP contribution is -2.18. The highest BCUT2D eigenvalue weighted by Crippen LogP contribution is 2.37. The summed E-state index contributed by atoms with van der Waals surface area (Å²) in [6.07, 6.45) is -3.38. The van der Waals surface area contributed by atoms with Gasteiger partial charge in [0.2, 0.25) is 5.91 Å². The number of carbonyl (C=O) groups excluding carboxylic acids is 2. The van der Waals surface area contributed by atoms with E-state index in [1.54, 1.807) is 0 Å². The first kappa shape index (κ1) is 20.3. The molecule has 2 N–H and O–H groups in total. The summed E-state index contributed by atoms with van der Waals surface area (Å²) >= 11 is 0. The van der Waals surface area contributed by atoms with Crippen LogP contribution in [0.25, 0.3) is 0 Å². The Hall–Kier alpha value is -3.43. The third-order valence-electron chi connectivity index (χ3n) is 4.46. The van der Waals surface area contributed by atoms with Gasteiger partial charge in [0.05, 0.1) is 16.2 Å². The molecule has 0 saturated heterocycles. The number of halogens is 3. The van der Waals surface area contributed by atoms with E-state index in [0.29, 0.717) is 18.4 Å². The lowest BCUT2D eigenvalue weighted by molar-refractivity contribution is -0.385. The van der Waals surface area contributed by atoms with Gasteiger partial charge in [-0.2, -0.15) is 13.2 Å². The lowest BCUT2D eigenvalue weighted by Gasteiger charge is -2.16. The molecular formula is C19H16F3N3O4. The number of nitrogens with zero attached hydrogens (tertiary/aromatic N) is 1. The summed E-state index contributed by atoms with van der Waals surface area (Å²) in [5, 5.41) is 15.6. The molecule has 0 radical (unpaired) electrons. The molecule has 0 heterocycles. The molecule has 2 aromatic rings. The van der Waals surface area contributed by atoms with E-state index >= 15 is 0 Å². The fraction of sp³-hybridized carbons (Fsp3) is 0.263. The van der Waals surface area contributed by atoms with Crippen LogP contribution in [0.4, 0.5) is 30.2 Å². The van der Waals surface area contributed by atoms with Crippen LogP contribution < -0.4 is 10.6 Å². The fourth-order valence-electron chi connectivity index (χ4n) is 2.70. The molecule has 0 bridgehead atoms. The normalized spacial score (nSPS) is 13.7. The van der Waals surface area contributed by atoms with Gasteiger partial charge >= 0.3 is 6.18 Å². The highest BCUT2D eigenvalue weighted by atomic mass is 19.4. The molecule has 29 heavy (non-hydrogen) atoms. The van der Waals surface area contributed by atoms with Crippen molar-refractivity contribution in [3.8, 4) is 0 Å². The van der Waals surface area contributed by atoms with Crippen LogP contribution in [-0.2, 0) is 11.0 Å². The summed E-state index contributed by atoms with van der Waals surface area (Å²) in [6.45, 7) is 1.48. The molecule has 152 valence electrons. The highest BCUT2D eigenvalue weighted by molar-refractivity contribution is 6.05. The summed E-state index contributed by atoms with van der Waals surface area (Å²) in [5.41, 5.74) is -1.83. The number of carbonyl (C=O) groups is 2. The van der Waals surface area contributed by atoms with Gasteiger partial charge in [-0.1, -0.05) is 6.07 Å². The number of rotatable bonds is 5. The maximum absolute atomic E-state index is 13.5. The van der Waals surface area contributed by atoms with Gasteiger partial charge in [-0.05, 0) is 44.0 Å². The van der Waals surface area contributed by atoms with Crippen molar-refractivity contribution in [1.29, 1.82) is 0 Å². The second kappa shape index (κ2) is 7.53. The van der Waals surface area contributed by atoms with Gasteiger partial charge in [-0.25, -0.2) is 0 Å². The molecule has 7 nitrogen and oxygen atoms in total. The van der Waals surface area contributed by atoms with Crippen molar-refractivity contribution in [2.24, 2.45) is 5.92 Å². The van der Waals surface area contributed by atoms with Gasteiger partial charge in [-0.15, -0.1) is 0 Å². The minimum Gasteiger partial charge on any atom is -0.326 e. The van der Waals surface area contributed by atoms with Gasteiger partial charge in [0.25, 0.3) is 11.6 Å². The summed E-state index contributed by atoms with van der Waals surface area (Å²) in [7, 11) is 0. The van der Waals surface area contributed by atoms with Gasteiger partial charge in [0, 0.05) is 28.8 Å². The number of benzene rings is 2. The number of hydrogen-bond donors (Lipinski definition) is 2. The molecule has 0 spiro atoms. The SMILES string of the molecule is Cc1ccc(C(=O)Nc2ccc(NC(=O)C3CC3)cc2C(F)(F)F)cc1[N+](=O)[O-]. The Bertz CT molecular complexity index is 1000. The number of nitrogens with one attached hydrogen (secondary N) is 2. The molecule has 10 heteroatoms. The van der Waals surface area contributed by atoms with Gasteiger partial charge in [0.15, 0.2) is 0 Å². The Labute approximate surface area is 163 Å². The molecule has 0 aliphatic heterocycles. The van der Waals surface area contributed by atoms with E-state index in [1.807, 2.05) is 0 Å². The zero-order chi connectivity index (χ0) is 21.3. The van der Waals surface area contributed by atoms with Crippen LogP contribution in [0.1, 0.15) is 34.3 Å². The topological polar surface area (TPSA) is 101 Å². The first-order valence-corrected chi connectivity index (χ1v) is 8.65. The van der Waals surface area contributed by atoms with E-state index < -0.39 is 28.3 Å². The second-order valence-electron chi connectivity index (χ2n) is 6.73. The van der Waals surface area contributed by atoms with Gasteiger partial charge < -0.3 is 10.6 Å². The number of amides is 2. The fourth-order valence-corrected chi connectivity index (χ4v) is 2.70. The number of anilines is 2. The maximum atomic E-state index is 13.5. The quantitative estimate of drug-likeness (QED) is 0.562. The van der Waals surface area contributed by atoms with Crippen LogP contribution in [0.5, 0.6) is 0 Å². The van der Waals surface area contributed by atoms with Crippen molar-refractivity contribution in [2.75, 3.05) is 10.6 Å². The Kier molecular flexibility index (Phi) is 5.27. The molecular weight excluding hydrogens is 391 g/mol. The molecule has 2 amide bonds. The summed E-state index contributed by atoms with van der Waals surface area (Å²) in [6, 6.07) is 6.66. The molecule has 1 saturated carbocycles. The summed E-state index contributed by atoms with van der Waals surface area (Å²) < 4.78 is 40.4. The van der Waals surface area contributed by atoms with E-state index in [9.17, 15) is 32.9 Å². The monoisotopic (exact) mass is 407 g/mol. The number of nitro benzene ring substituents is 1. The number of hydrogen-bond acceptors (Lipinski definition) is 4. The molecule has 1 fully saturated rings. The van der Waals surface area contributed by atoms with Gasteiger partial charge in [-0.3, -0.25) is 19.7 Å². The third kappa shape index (κ3) is 4.71. The van der Waals surface area contributed by atoms with Crippen LogP contribution in [0, 0.1) is 23.0 Å². The van der Waals surface area contributed by atoms with E-state index in [-0.39, 0.29) is 28.8 Å². The molecule has 1 aliphatic rings. The van der Waals surface area contributed by atoms with Crippen molar-refractivity contribution < 1.29 is 27.7 Å². The predicted molar refractivity (Wildman–Crippen MR) is 98.6 cm³/mol. The molecule has 2 aromatic carbocycles. The van der Waals surface area contributed by atoms with E-state index in [4.69, 9.17) is 0 Å². The zero-order valence-corrected chi connectivity index (χ0v) is 15.2. The van der Waals surface area contributed by atoms with Crippen molar-refractivity contribution in [1.82, 2.24) is 0 Å². The van der Waals surface area contributed by atoms with Crippen LogP contribution in [-0.4, -0.2) is 16.7 Å². The first-order valence-electron chi connectivity index (χ1n) is 8.65. The van der Waals surface area contributed by atoms with Crippen LogP contribution in [0.3, 0.4) is 0 Å². The smallest absolute Gasteiger partial charge is 0.326 e. The van der Waals surface area contributed by atoms with Crippen LogP contribution >= 0.6 is 0 Å². The zero-order valence-electron chi connectivity index (χ0n) is 15.2. The van der Waals surface area contributed by atoms with E-state index in [2.05, 4.69) is 10.6 Å². The molecule has 0 unspecified atom stereocenters. The maximum Gasteiger partial charge on any atom is 0.418 e. The Morgan fingerprint density at radius 1 is 1.10 bits per heavy atom. The average Bonchev–Trinajstić information content (AvgIpc) is 3.47. The molecule has 0 atom stereocenters. The van der Waals surface area contributed by atoms with Crippen molar-refractivity contribution in [2.45, 2.75) is 25.9 Å².